The number of esters is 1. The fourth-order valence-corrected chi connectivity index (χ4v) is 8.62. The van der Waals surface area contributed by atoms with Gasteiger partial charge in [0.2, 0.25) is 5.78 Å². The van der Waals surface area contributed by atoms with Crippen LogP contribution in [0.3, 0.4) is 0 Å². The van der Waals surface area contributed by atoms with Crippen LogP contribution in [0.4, 0.5) is 4.39 Å². The van der Waals surface area contributed by atoms with Gasteiger partial charge in [-0.05, 0) is 82.8 Å². The third-order valence-electron chi connectivity index (χ3n) is 11.4. The van der Waals surface area contributed by atoms with Crippen LogP contribution in [-0.4, -0.2) is 69.7 Å². The molecule has 0 heterocycles. The normalized spacial score (nSPS) is 38.7. The average Bonchev–Trinajstić information content (AvgIpc) is 3.12. The lowest BCUT2D eigenvalue weighted by Crippen LogP contribution is -2.69. The number of allylic oxidation sites excluding steroid dienone is 4. The number of aliphatic hydroxyl groups excluding tert-OH is 1. The summed E-state index contributed by atoms with van der Waals surface area (Å²) in [5.41, 5.74) is -6.73. The number of hydrogen-bond acceptors (Lipinski definition) is 8. The molecule has 0 bridgehead atoms. The van der Waals surface area contributed by atoms with E-state index in [4.69, 9.17) is 9.47 Å². The Morgan fingerprint density at radius 2 is 1.84 bits per heavy atom. The monoisotopic (exact) mass is 604 g/mol. The maximum Gasteiger partial charge on any atom is 0.306 e. The summed E-state index contributed by atoms with van der Waals surface area (Å²) in [5.74, 6) is -3.07. The summed E-state index contributed by atoms with van der Waals surface area (Å²) in [5, 5.41) is 23.5. The zero-order valence-electron chi connectivity index (χ0n) is 26.7. The van der Waals surface area contributed by atoms with E-state index in [1.54, 1.807) is 40.7 Å². The number of ketones is 3. The molecule has 0 spiro atoms. The molecule has 0 aromatic heterocycles. The minimum absolute atomic E-state index is 0.107. The van der Waals surface area contributed by atoms with Crippen molar-refractivity contribution in [3.8, 4) is 0 Å². The van der Waals surface area contributed by atoms with E-state index in [-0.39, 0.29) is 30.8 Å². The summed E-state index contributed by atoms with van der Waals surface area (Å²) >= 11 is 0. The first kappa shape index (κ1) is 33.7. The number of fused-ring (bicyclic) bond motifs is 5. The topological polar surface area (TPSA) is 127 Å². The van der Waals surface area contributed by atoms with E-state index in [1.165, 1.54) is 12.2 Å². The van der Waals surface area contributed by atoms with Crippen LogP contribution in [0.5, 0.6) is 0 Å². The van der Waals surface area contributed by atoms with Crippen LogP contribution < -0.4 is 0 Å². The van der Waals surface area contributed by atoms with Gasteiger partial charge in [-0.3, -0.25) is 19.2 Å². The quantitative estimate of drug-likeness (QED) is 0.327. The molecule has 2 N–H and O–H groups in total. The molecule has 0 saturated heterocycles. The van der Waals surface area contributed by atoms with Crippen molar-refractivity contribution in [3.63, 3.8) is 0 Å². The number of alkyl halides is 1. The third-order valence-corrected chi connectivity index (χ3v) is 11.4. The number of Topliss-reactive ketones (excluding diaryl/α,β-unsaturated/α-hetero) is 2. The van der Waals surface area contributed by atoms with Gasteiger partial charge in [0.1, 0.15) is 11.2 Å². The van der Waals surface area contributed by atoms with Gasteiger partial charge in [-0.25, -0.2) is 4.39 Å². The van der Waals surface area contributed by atoms with Gasteiger partial charge < -0.3 is 19.7 Å². The maximum atomic E-state index is 17.3. The van der Waals surface area contributed by atoms with Crippen LogP contribution in [-0.2, 0) is 28.7 Å². The Morgan fingerprint density at radius 3 is 2.49 bits per heavy atom. The Bertz CT molecular complexity index is 1220. The van der Waals surface area contributed by atoms with Crippen LogP contribution >= 0.6 is 0 Å². The Labute approximate surface area is 254 Å². The molecule has 9 heteroatoms. The third kappa shape index (κ3) is 5.37. The van der Waals surface area contributed by atoms with E-state index in [9.17, 15) is 29.4 Å². The van der Waals surface area contributed by atoms with Crippen molar-refractivity contribution < 1.29 is 43.3 Å². The van der Waals surface area contributed by atoms with Gasteiger partial charge in [-0.15, -0.1) is 0 Å². The lowest BCUT2D eigenvalue weighted by molar-refractivity contribution is -0.220. The van der Waals surface area contributed by atoms with Gasteiger partial charge >= 0.3 is 5.97 Å². The highest BCUT2D eigenvalue weighted by Gasteiger charge is 2.75. The molecule has 8 atom stereocenters. The molecule has 4 aliphatic carbocycles. The van der Waals surface area contributed by atoms with Crippen molar-refractivity contribution in [3.05, 3.63) is 23.8 Å². The first-order chi connectivity index (χ1) is 19.8. The largest absolute Gasteiger partial charge is 0.458 e. The van der Waals surface area contributed by atoms with Gasteiger partial charge in [-0.1, -0.05) is 39.3 Å². The number of rotatable bonds is 11. The standard InChI is InChI=1S/C34H49FO8/c1-20(2)13-15-43-30(4,5)26(37)10-11-29(40)42-19-28(39)34(41)21(3)16-25-24-9-8-22-17-23(36)12-14-31(22,6)33(24,35)27(38)18-32(25,34)7/h12,14,17,20-21,24-25,27,38,41H,8-11,13,15-16,18-19H2,1-7H3. The molecule has 4 aliphatic rings. The van der Waals surface area contributed by atoms with Gasteiger partial charge in [-0.2, -0.15) is 0 Å². The molecule has 0 aliphatic heterocycles. The predicted molar refractivity (Wildman–Crippen MR) is 158 cm³/mol. The van der Waals surface area contributed by atoms with E-state index in [2.05, 4.69) is 13.8 Å². The van der Waals surface area contributed by atoms with Crippen LogP contribution in [0.1, 0.15) is 93.4 Å². The first-order valence-electron chi connectivity index (χ1n) is 15.7. The molecular weight excluding hydrogens is 555 g/mol. The van der Waals surface area contributed by atoms with Crippen LogP contribution in [0, 0.1) is 34.5 Å². The molecule has 240 valence electrons. The predicted octanol–water partition coefficient (Wildman–Crippen LogP) is 4.64. The second-order valence-corrected chi connectivity index (χ2v) is 14.7. The second-order valence-electron chi connectivity index (χ2n) is 14.7. The summed E-state index contributed by atoms with van der Waals surface area (Å²) in [6.07, 6.45) is 4.46. The van der Waals surface area contributed by atoms with Crippen molar-refractivity contribution in [2.75, 3.05) is 13.2 Å². The fraction of sp³-hybridized carbons (Fsp3) is 0.765. The van der Waals surface area contributed by atoms with Crippen molar-refractivity contribution in [2.45, 2.75) is 116 Å². The van der Waals surface area contributed by atoms with Gasteiger partial charge in [0.15, 0.2) is 23.8 Å². The molecule has 0 aromatic rings. The van der Waals surface area contributed by atoms with Crippen molar-refractivity contribution >= 4 is 23.3 Å². The summed E-state index contributed by atoms with van der Waals surface area (Å²) < 4.78 is 28.3. The highest BCUT2D eigenvalue weighted by atomic mass is 19.1. The van der Waals surface area contributed by atoms with E-state index in [1.807, 2.05) is 0 Å². The van der Waals surface area contributed by atoms with Crippen LogP contribution in [0.2, 0.25) is 0 Å². The number of aliphatic hydroxyl groups is 2. The van der Waals surface area contributed by atoms with Crippen LogP contribution in [0.15, 0.2) is 23.8 Å². The van der Waals surface area contributed by atoms with E-state index in [0.717, 1.165) is 6.42 Å². The molecule has 3 fully saturated rings. The smallest absolute Gasteiger partial charge is 0.306 e. The highest BCUT2D eigenvalue weighted by Crippen LogP contribution is 2.70. The number of hydrogen-bond donors (Lipinski definition) is 2. The van der Waals surface area contributed by atoms with Gasteiger partial charge in [0.05, 0.1) is 12.5 Å². The number of carbonyl (C=O) groups excluding carboxylic acids is 4. The molecule has 0 amide bonds. The Kier molecular flexibility index (Phi) is 9.08. The molecule has 8 nitrogen and oxygen atoms in total. The lowest BCUT2D eigenvalue weighted by atomic mass is 9.44. The molecule has 8 unspecified atom stereocenters. The zero-order chi connectivity index (χ0) is 32.2. The number of ether oxygens (including phenoxy) is 2. The summed E-state index contributed by atoms with van der Waals surface area (Å²) in [7, 11) is 0. The Balaban J connectivity index is 1.43. The number of halogens is 1. The number of carbonyl (C=O) groups is 4. The second kappa shape index (κ2) is 11.6. The Morgan fingerprint density at radius 1 is 1.16 bits per heavy atom. The summed E-state index contributed by atoms with van der Waals surface area (Å²) in [6, 6.07) is 0. The maximum absolute atomic E-state index is 17.3. The van der Waals surface area contributed by atoms with Crippen molar-refractivity contribution in [1.82, 2.24) is 0 Å². The van der Waals surface area contributed by atoms with Gasteiger partial charge in [0, 0.05) is 29.8 Å². The SMILES string of the molecule is CC(C)CCOC(C)(C)C(=O)CCC(=O)OCC(=O)C1(O)C(C)CC2C3CCC4=CC(=O)C=CC4(C)C3(F)C(O)CC21C. The fourth-order valence-electron chi connectivity index (χ4n) is 8.62. The lowest BCUT2D eigenvalue weighted by Gasteiger charge is -2.62. The highest BCUT2D eigenvalue weighted by molar-refractivity contribution is 6.01. The van der Waals surface area contributed by atoms with E-state index < -0.39 is 69.9 Å². The van der Waals surface area contributed by atoms with E-state index in [0.29, 0.717) is 37.4 Å². The molecule has 0 radical (unpaired) electrons. The summed E-state index contributed by atoms with van der Waals surface area (Å²) in [6.45, 7) is 12.4. The van der Waals surface area contributed by atoms with Crippen molar-refractivity contribution in [2.24, 2.45) is 34.5 Å². The molecular formula is C34H49FO8. The summed E-state index contributed by atoms with van der Waals surface area (Å²) in [4.78, 5) is 50.9. The first-order valence-corrected chi connectivity index (χ1v) is 15.7. The molecule has 43 heavy (non-hydrogen) atoms. The molecule has 4 rings (SSSR count). The Hall–Kier alpha value is -2.23. The molecule has 3 saturated carbocycles. The van der Waals surface area contributed by atoms with Crippen molar-refractivity contribution in [1.29, 1.82) is 0 Å². The zero-order valence-corrected chi connectivity index (χ0v) is 26.7. The van der Waals surface area contributed by atoms with E-state index >= 15 is 4.39 Å². The van der Waals surface area contributed by atoms with Gasteiger partial charge in [0.25, 0.3) is 0 Å². The minimum atomic E-state index is -2.07. The minimum Gasteiger partial charge on any atom is -0.458 e. The van der Waals surface area contributed by atoms with Crippen LogP contribution in [0.25, 0.3) is 0 Å². The molecule has 0 aromatic carbocycles. The average molecular weight is 605 g/mol.